The fourth-order valence-electron chi connectivity index (χ4n) is 1.93. The highest BCUT2D eigenvalue weighted by Gasteiger charge is 2.08. The van der Waals surface area contributed by atoms with Crippen LogP contribution in [0, 0.1) is 0 Å². The van der Waals surface area contributed by atoms with Crippen LogP contribution in [-0.2, 0) is 6.54 Å². The Morgan fingerprint density at radius 2 is 2.15 bits per heavy atom. The van der Waals surface area contributed by atoms with E-state index in [4.69, 9.17) is 11.6 Å². The van der Waals surface area contributed by atoms with Gasteiger partial charge in [-0.1, -0.05) is 23.7 Å². The summed E-state index contributed by atoms with van der Waals surface area (Å²) in [5, 5.41) is 10.1. The Bertz CT molecular complexity index is 741. The molecule has 0 fully saturated rings. The number of benzene rings is 1. The number of thiophene rings is 1. The summed E-state index contributed by atoms with van der Waals surface area (Å²) < 4.78 is 0. The molecule has 4 nitrogen and oxygen atoms in total. The molecule has 0 aliphatic carbocycles. The Balaban J connectivity index is 1.88. The summed E-state index contributed by atoms with van der Waals surface area (Å²) in [6.45, 7) is 0.672. The first kappa shape index (κ1) is 13.1. The normalized spacial score (nSPS) is 10.7. The summed E-state index contributed by atoms with van der Waals surface area (Å²) in [6, 6.07) is 9.81. The maximum absolute atomic E-state index is 5.99. The third kappa shape index (κ3) is 2.69. The predicted molar refractivity (Wildman–Crippen MR) is 85.7 cm³/mol. The molecular formula is C14H13ClN4S. The van der Waals surface area contributed by atoms with Gasteiger partial charge in [0.2, 0.25) is 5.95 Å². The van der Waals surface area contributed by atoms with E-state index in [9.17, 15) is 0 Å². The Kier molecular flexibility index (Phi) is 3.71. The lowest BCUT2D eigenvalue weighted by molar-refractivity contribution is 1.10. The second-order valence-corrected chi connectivity index (χ2v) is 5.60. The molecule has 0 atom stereocenters. The highest BCUT2D eigenvalue weighted by atomic mass is 35.5. The largest absolute Gasteiger partial charge is 0.365 e. The lowest BCUT2D eigenvalue weighted by atomic mass is 10.2. The van der Waals surface area contributed by atoms with Gasteiger partial charge in [0.1, 0.15) is 10.6 Å². The average Bonchev–Trinajstić information content (AvgIpc) is 2.93. The van der Waals surface area contributed by atoms with Gasteiger partial charge in [0, 0.05) is 18.6 Å². The van der Waals surface area contributed by atoms with Crippen LogP contribution in [0.15, 0.2) is 35.7 Å². The molecule has 0 saturated heterocycles. The van der Waals surface area contributed by atoms with Crippen LogP contribution in [0.5, 0.6) is 0 Å². The summed E-state index contributed by atoms with van der Waals surface area (Å²) in [5.74, 6) is 1.45. The van der Waals surface area contributed by atoms with E-state index < -0.39 is 0 Å². The van der Waals surface area contributed by atoms with Crippen molar-refractivity contribution >= 4 is 44.9 Å². The van der Waals surface area contributed by atoms with Crippen molar-refractivity contribution in [2.45, 2.75) is 6.54 Å². The van der Waals surface area contributed by atoms with Crippen LogP contribution >= 0.6 is 22.9 Å². The number of nitrogens with zero attached hydrogens (tertiary/aromatic N) is 2. The summed E-state index contributed by atoms with van der Waals surface area (Å²) in [5.41, 5.74) is 1.12. The van der Waals surface area contributed by atoms with Gasteiger partial charge in [0.05, 0.1) is 5.39 Å². The topological polar surface area (TPSA) is 49.8 Å². The zero-order chi connectivity index (χ0) is 13.9. The zero-order valence-electron chi connectivity index (χ0n) is 10.9. The number of rotatable bonds is 4. The average molecular weight is 305 g/mol. The van der Waals surface area contributed by atoms with Crippen molar-refractivity contribution in [1.82, 2.24) is 9.97 Å². The number of halogens is 1. The van der Waals surface area contributed by atoms with Crippen LogP contribution < -0.4 is 10.6 Å². The van der Waals surface area contributed by atoms with E-state index in [0.717, 1.165) is 26.6 Å². The SMILES string of the molecule is CNc1nc(NCc2cccc(Cl)c2)c2ccsc2n1. The van der Waals surface area contributed by atoms with Gasteiger partial charge >= 0.3 is 0 Å². The van der Waals surface area contributed by atoms with Crippen molar-refractivity contribution in [3.8, 4) is 0 Å². The minimum atomic E-state index is 0.619. The van der Waals surface area contributed by atoms with E-state index in [1.165, 1.54) is 0 Å². The van der Waals surface area contributed by atoms with E-state index in [-0.39, 0.29) is 0 Å². The molecule has 0 radical (unpaired) electrons. The minimum absolute atomic E-state index is 0.619. The van der Waals surface area contributed by atoms with Crippen LogP contribution in [-0.4, -0.2) is 17.0 Å². The molecule has 0 amide bonds. The maximum atomic E-state index is 5.99. The molecule has 3 rings (SSSR count). The van der Waals surface area contributed by atoms with Crippen LogP contribution in [0.1, 0.15) is 5.56 Å². The highest BCUT2D eigenvalue weighted by Crippen LogP contribution is 2.26. The molecule has 3 aromatic rings. The van der Waals surface area contributed by atoms with Gasteiger partial charge in [0.25, 0.3) is 0 Å². The smallest absolute Gasteiger partial charge is 0.225 e. The zero-order valence-corrected chi connectivity index (χ0v) is 12.4. The lowest BCUT2D eigenvalue weighted by Gasteiger charge is -2.09. The Hall–Kier alpha value is -1.85. The molecule has 0 spiro atoms. The van der Waals surface area contributed by atoms with Crippen molar-refractivity contribution in [3.63, 3.8) is 0 Å². The number of fused-ring (bicyclic) bond motifs is 1. The number of nitrogens with one attached hydrogen (secondary N) is 2. The quantitative estimate of drug-likeness (QED) is 0.765. The van der Waals surface area contributed by atoms with Crippen molar-refractivity contribution in [2.24, 2.45) is 0 Å². The summed E-state index contributed by atoms with van der Waals surface area (Å²) >= 11 is 7.59. The van der Waals surface area contributed by atoms with E-state index in [2.05, 4.69) is 20.6 Å². The van der Waals surface area contributed by atoms with Gasteiger partial charge in [-0.2, -0.15) is 4.98 Å². The van der Waals surface area contributed by atoms with Crippen LogP contribution in [0.3, 0.4) is 0 Å². The van der Waals surface area contributed by atoms with Crippen molar-refractivity contribution in [1.29, 1.82) is 0 Å². The number of anilines is 2. The molecule has 2 N–H and O–H groups in total. The third-order valence-corrected chi connectivity index (χ3v) is 3.94. The minimum Gasteiger partial charge on any atom is -0.365 e. The van der Waals surface area contributed by atoms with Gasteiger partial charge in [-0.05, 0) is 29.1 Å². The number of hydrogen-bond donors (Lipinski definition) is 2. The van der Waals surface area contributed by atoms with Crippen LogP contribution in [0.2, 0.25) is 5.02 Å². The van der Waals surface area contributed by atoms with Crippen molar-refractivity contribution in [3.05, 3.63) is 46.3 Å². The Morgan fingerprint density at radius 3 is 2.95 bits per heavy atom. The lowest BCUT2D eigenvalue weighted by Crippen LogP contribution is -2.04. The van der Waals surface area contributed by atoms with E-state index in [1.807, 2.05) is 42.8 Å². The molecule has 1 aromatic carbocycles. The summed E-state index contributed by atoms with van der Waals surface area (Å²) in [4.78, 5) is 9.86. The van der Waals surface area contributed by atoms with Gasteiger partial charge in [-0.3, -0.25) is 0 Å². The van der Waals surface area contributed by atoms with Gasteiger partial charge in [0.15, 0.2) is 0 Å². The van der Waals surface area contributed by atoms with Crippen molar-refractivity contribution < 1.29 is 0 Å². The standard InChI is InChI=1S/C14H13ClN4S/c1-16-14-18-12(11-5-6-20-13(11)19-14)17-8-9-3-2-4-10(15)7-9/h2-7H,8H2,1H3,(H2,16,17,18,19). The fourth-order valence-corrected chi connectivity index (χ4v) is 2.91. The highest BCUT2D eigenvalue weighted by molar-refractivity contribution is 7.16. The third-order valence-electron chi connectivity index (χ3n) is 2.90. The summed E-state index contributed by atoms with van der Waals surface area (Å²) in [7, 11) is 1.82. The second kappa shape index (κ2) is 5.64. The van der Waals surface area contributed by atoms with Crippen molar-refractivity contribution in [2.75, 3.05) is 17.7 Å². The Labute approximate surface area is 125 Å². The van der Waals surface area contributed by atoms with Gasteiger partial charge < -0.3 is 10.6 Å². The van der Waals surface area contributed by atoms with E-state index in [0.29, 0.717) is 12.5 Å². The molecule has 0 saturated carbocycles. The molecule has 0 bridgehead atoms. The molecule has 0 unspecified atom stereocenters. The molecule has 0 aliphatic rings. The number of hydrogen-bond acceptors (Lipinski definition) is 5. The monoisotopic (exact) mass is 304 g/mol. The van der Waals surface area contributed by atoms with E-state index in [1.54, 1.807) is 11.3 Å². The molecule has 20 heavy (non-hydrogen) atoms. The summed E-state index contributed by atoms with van der Waals surface area (Å²) in [6.07, 6.45) is 0. The first-order valence-corrected chi connectivity index (χ1v) is 7.43. The van der Waals surface area contributed by atoms with E-state index >= 15 is 0 Å². The molecular weight excluding hydrogens is 292 g/mol. The first-order valence-electron chi connectivity index (χ1n) is 6.17. The second-order valence-electron chi connectivity index (χ2n) is 4.27. The molecule has 0 aliphatic heterocycles. The maximum Gasteiger partial charge on any atom is 0.225 e. The predicted octanol–water partition coefficient (Wildman–Crippen LogP) is 4.00. The molecule has 6 heteroatoms. The molecule has 102 valence electrons. The number of aromatic nitrogens is 2. The first-order chi connectivity index (χ1) is 9.76. The van der Waals surface area contributed by atoms with Gasteiger partial charge in [-0.25, -0.2) is 4.98 Å². The van der Waals surface area contributed by atoms with Gasteiger partial charge in [-0.15, -0.1) is 11.3 Å². The molecule has 2 heterocycles. The fraction of sp³-hybridized carbons (Fsp3) is 0.143. The molecule has 2 aromatic heterocycles. The Morgan fingerprint density at radius 1 is 1.25 bits per heavy atom. The van der Waals surface area contributed by atoms with Crippen LogP contribution in [0.25, 0.3) is 10.2 Å². The van der Waals surface area contributed by atoms with Crippen LogP contribution in [0.4, 0.5) is 11.8 Å².